The van der Waals surface area contributed by atoms with Crippen LogP contribution in [0.4, 0.5) is 0 Å². The van der Waals surface area contributed by atoms with E-state index in [1.165, 1.54) is 16.3 Å². The third-order valence-corrected chi connectivity index (χ3v) is 7.24. The van der Waals surface area contributed by atoms with Crippen LogP contribution in [-0.2, 0) is 17.6 Å². The van der Waals surface area contributed by atoms with E-state index in [0.29, 0.717) is 24.3 Å². The molecule has 2 saturated heterocycles. The second-order valence-corrected chi connectivity index (χ2v) is 10.0. The van der Waals surface area contributed by atoms with Crippen LogP contribution < -0.4 is 5.32 Å². The Kier molecular flexibility index (Phi) is 8.50. The first-order valence-electron chi connectivity index (χ1n) is 11.4. The first-order valence-corrected chi connectivity index (χ1v) is 12.2. The summed E-state index contributed by atoms with van der Waals surface area (Å²) in [6, 6.07) is 0. The number of piperidine rings is 1. The molecular weight excluding hydrogens is 396 g/mol. The molecule has 30 heavy (non-hydrogen) atoms. The third-order valence-electron chi connectivity index (χ3n) is 6.04. The quantitative estimate of drug-likeness (QED) is 0.548. The fraction of sp³-hybridized carbons (Fsp3) is 0.773. The molecule has 0 radical (unpaired) electrons. The molecule has 3 heterocycles. The Morgan fingerprint density at radius 1 is 1.20 bits per heavy atom. The third kappa shape index (κ3) is 6.41. The number of aromatic nitrogens is 1. The molecule has 1 aromatic rings. The number of guanidine groups is 1. The fourth-order valence-corrected chi connectivity index (χ4v) is 5.38. The normalized spacial score (nSPS) is 23.7. The smallest absolute Gasteiger partial charge is 0.236 e. The zero-order valence-electron chi connectivity index (χ0n) is 19.1. The van der Waals surface area contributed by atoms with Gasteiger partial charge in [-0.05, 0) is 24.7 Å². The van der Waals surface area contributed by atoms with Gasteiger partial charge in [0.2, 0.25) is 5.91 Å². The molecule has 2 aliphatic rings. The van der Waals surface area contributed by atoms with Crippen molar-refractivity contribution in [1.29, 1.82) is 0 Å². The summed E-state index contributed by atoms with van der Waals surface area (Å²) in [6.07, 6.45) is 5.19. The zero-order valence-corrected chi connectivity index (χ0v) is 19.9. The number of nitrogens with one attached hydrogen (secondary N) is 1. The highest BCUT2D eigenvalue weighted by molar-refractivity contribution is 7.11. The molecule has 2 atom stereocenters. The highest BCUT2D eigenvalue weighted by Gasteiger charge is 2.28. The molecule has 1 N–H and O–H groups in total. The van der Waals surface area contributed by atoms with E-state index in [2.05, 4.69) is 50.8 Å². The van der Waals surface area contributed by atoms with Crippen molar-refractivity contribution in [3.63, 3.8) is 0 Å². The molecule has 8 heteroatoms. The largest absolute Gasteiger partial charge is 0.356 e. The van der Waals surface area contributed by atoms with E-state index in [0.717, 1.165) is 64.6 Å². The van der Waals surface area contributed by atoms with E-state index in [9.17, 15) is 4.79 Å². The molecule has 2 aliphatic heterocycles. The molecule has 7 nitrogen and oxygen atoms in total. The van der Waals surface area contributed by atoms with Crippen molar-refractivity contribution >= 4 is 23.2 Å². The van der Waals surface area contributed by atoms with Crippen LogP contribution in [0.25, 0.3) is 0 Å². The van der Waals surface area contributed by atoms with Gasteiger partial charge in [-0.1, -0.05) is 20.8 Å². The Bertz CT molecular complexity index is 702. The number of nitrogens with zero attached hydrogens (tertiary/aromatic N) is 5. The first-order chi connectivity index (χ1) is 14.5. The van der Waals surface area contributed by atoms with E-state index >= 15 is 0 Å². The van der Waals surface area contributed by atoms with Gasteiger partial charge in [0.25, 0.3) is 0 Å². The Balaban J connectivity index is 1.39. The van der Waals surface area contributed by atoms with Crippen LogP contribution in [0.2, 0.25) is 0 Å². The van der Waals surface area contributed by atoms with Crippen molar-refractivity contribution in [1.82, 2.24) is 25.0 Å². The maximum atomic E-state index is 12.8. The Morgan fingerprint density at radius 3 is 2.50 bits per heavy atom. The summed E-state index contributed by atoms with van der Waals surface area (Å²) in [7, 11) is 1.84. The van der Waals surface area contributed by atoms with Crippen molar-refractivity contribution in [2.45, 2.75) is 40.0 Å². The summed E-state index contributed by atoms with van der Waals surface area (Å²) in [5, 5.41) is 4.66. The van der Waals surface area contributed by atoms with Crippen LogP contribution in [0.5, 0.6) is 0 Å². The lowest BCUT2D eigenvalue weighted by Gasteiger charge is -2.39. The number of rotatable bonds is 6. The highest BCUT2D eigenvalue weighted by atomic mass is 32.1. The SMILES string of the molecule is CCc1cnc(CCNC(=NC)N2CCN(CC(=O)N3CC(C)CC(C)C3)CC2)s1. The van der Waals surface area contributed by atoms with Gasteiger partial charge in [0.05, 0.1) is 11.6 Å². The maximum absolute atomic E-state index is 12.8. The minimum atomic E-state index is 0.291. The fourth-order valence-electron chi connectivity index (χ4n) is 4.52. The number of hydrogen-bond donors (Lipinski definition) is 1. The van der Waals surface area contributed by atoms with Gasteiger partial charge in [-0.15, -0.1) is 11.3 Å². The lowest BCUT2D eigenvalue weighted by atomic mass is 9.92. The molecule has 0 bridgehead atoms. The van der Waals surface area contributed by atoms with Gasteiger partial charge in [-0.25, -0.2) is 4.98 Å². The summed E-state index contributed by atoms with van der Waals surface area (Å²) < 4.78 is 0. The van der Waals surface area contributed by atoms with Crippen LogP contribution in [0, 0.1) is 11.8 Å². The molecule has 3 rings (SSSR count). The van der Waals surface area contributed by atoms with Gasteiger partial charge in [0.15, 0.2) is 5.96 Å². The van der Waals surface area contributed by atoms with Crippen LogP contribution in [0.1, 0.15) is 37.1 Å². The number of amides is 1. The topological polar surface area (TPSA) is 64.1 Å². The average Bonchev–Trinajstić information content (AvgIpc) is 3.19. The van der Waals surface area contributed by atoms with Gasteiger partial charge in [-0.3, -0.25) is 14.7 Å². The zero-order chi connectivity index (χ0) is 21.5. The van der Waals surface area contributed by atoms with Crippen molar-refractivity contribution in [2.75, 3.05) is 59.4 Å². The lowest BCUT2D eigenvalue weighted by molar-refractivity contribution is -0.135. The summed E-state index contributed by atoms with van der Waals surface area (Å²) >= 11 is 1.80. The average molecular weight is 435 g/mol. The van der Waals surface area contributed by atoms with Crippen molar-refractivity contribution < 1.29 is 4.79 Å². The summed E-state index contributed by atoms with van der Waals surface area (Å²) in [6.45, 7) is 13.5. The second-order valence-electron chi connectivity index (χ2n) is 8.81. The molecule has 168 valence electrons. The lowest BCUT2D eigenvalue weighted by Crippen LogP contribution is -2.55. The molecule has 0 aromatic carbocycles. The van der Waals surface area contributed by atoms with Gasteiger partial charge < -0.3 is 15.1 Å². The maximum Gasteiger partial charge on any atom is 0.236 e. The summed E-state index contributed by atoms with van der Waals surface area (Å²) in [5.41, 5.74) is 0. The van der Waals surface area contributed by atoms with Crippen LogP contribution in [0.15, 0.2) is 11.2 Å². The number of likely N-dealkylation sites (tertiary alicyclic amines) is 1. The van der Waals surface area contributed by atoms with E-state index in [-0.39, 0.29) is 0 Å². The Labute approximate surface area is 185 Å². The van der Waals surface area contributed by atoms with E-state index < -0.39 is 0 Å². The van der Waals surface area contributed by atoms with Crippen molar-refractivity contribution in [3.8, 4) is 0 Å². The molecule has 2 fully saturated rings. The number of aliphatic imine (C=N–C) groups is 1. The minimum absolute atomic E-state index is 0.291. The molecule has 2 unspecified atom stereocenters. The number of thiazole rings is 1. The van der Waals surface area contributed by atoms with Gasteiger partial charge in [0.1, 0.15) is 0 Å². The van der Waals surface area contributed by atoms with E-state index in [1.807, 2.05) is 13.2 Å². The van der Waals surface area contributed by atoms with E-state index in [4.69, 9.17) is 0 Å². The van der Waals surface area contributed by atoms with Crippen LogP contribution >= 0.6 is 11.3 Å². The van der Waals surface area contributed by atoms with Gasteiger partial charge in [0, 0.05) is 70.4 Å². The van der Waals surface area contributed by atoms with Gasteiger partial charge >= 0.3 is 0 Å². The number of hydrogen-bond acceptors (Lipinski definition) is 5. The predicted molar refractivity (Wildman–Crippen MR) is 124 cm³/mol. The predicted octanol–water partition coefficient (Wildman–Crippen LogP) is 1.95. The van der Waals surface area contributed by atoms with Crippen molar-refractivity contribution in [2.24, 2.45) is 16.8 Å². The Morgan fingerprint density at radius 2 is 1.90 bits per heavy atom. The van der Waals surface area contributed by atoms with Gasteiger partial charge in [-0.2, -0.15) is 0 Å². The molecule has 1 aromatic heterocycles. The highest BCUT2D eigenvalue weighted by Crippen LogP contribution is 2.21. The number of carbonyl (C=O) groups excluding carboxylic acids is 1. The summed E-state index contributed by atoms with van der Waals surface area (Å²) in [4.78, 5) is 29.7. The van der Waals surface area contributed by atoms with Crippen molar-refractivity contribution in [3.05, 3.63) is 16.1 Å². The molecule has 1 amide bonds. The molecule has 0 aliphatic carbocycles. The summed E-state index contributed by atoms with van der Waals surface area (Å²) in [5.74, 6) is 2.47. The number of aryl methyl sites for hydroxylation is 1. The first kappa shape index (κ1) is 23.0. The molecule has 0 spiro atoms. The van der Waals surface area contributed by atoms with Crippen LogP contribution in [-0.4, -0.2) is 91.0 Å². The monoisotopic (exact) mass is 434 g/mol. The number of carbonyl (C=O) groups is 1. The standard InChI is InChI=1S/C22H38N6OS/c1-5-19-13-25-20(30-19)6-7-24-22(23-4)27-10-8-26(9-11-27)16-21(29)28-14-17(2)12-18(3)15-28/h13,17-18H,5-12,14-16H2,1-4H3,(H,23,24). The van der Waals surface area contributed by atoms with E-state index in [1.54, 1.807) is 11.3 Å². The Hall–Kier alpha value is -1.67. The number of piperazine rings is 1. The second kappa shape index (κ2) is 11.1. The minimum Gasteiger partial charge on any atom is -0.356 e. The molecular formula is C22H38N6OS. The van der Waals surface area contributed by atoms with Crippen LogP contribution in [0.3, 0.4) is 0 Å². The molecule has 0 saturated carbocycles.